The summed E-state index contributed by atoms with van der Waals surface area (Å²) in [6.07, 6.45) is 3.41. The van der Waals surface area contributed by atoms with Gasteiger partial charge in [-0.25, -0.2) is 0 Å². The Morgan fingerprint density at radius 1 is 0.857 bits per heavy atom. The maximum Gasteiger partial charge on any atom is 0.119 e. The van der Waals surface area contributed by atoms with E-state index in [1.54, 1.807) is 0 Å². The monoisotopic (exact) mass is 304 g/mol. The molecule has 0 heterocycles. The van der Waals surface area contributed by atoms with E-state index in [2.05, 4.69) is 35.6 Å². The van der Waals surface area contributed by atoms with Crippen molar-refractivity contribution < 1.29 is 10.1 Å². The van der Waals surface area contributed by atoms with Crippen LogP contribution in [0.25, 0.3) is 0 Å². The van der Waals surface area contributed by atoms with Gasteiger partial charge in [0.25, 0.3) is 0 Å². The second-order valence-electron chi connectivity index (χ2n) is 5.11. The third-order valence-electron chi connectivity index (χ3n) is 3.36. The number of rotatable bonds is 9. The molecule has 0 radical (unpaired) electrons. The summed E-state index contributed by atoms with van der Waals surface area (Å²) in [6, 6.07) is 18.2. The highest BCUT2D eigenvalue weighted by Crippen LogP contribution is 2.15. The van der Waals surface area contributed by atoms with Gasteiger partial charge < -0.3 is 10.1 Å². The summed E-state index contributed by atoms with van der Waals surface area (Å²) in [5, 5.41) is 3.13. The Kier molecular flexibility index (Phi) is 7.13. The van der Waals surface area contributed by atoms with Crippen LogP contribution in [0, 0.1) is 0 Å². The number of ether oxygens (including phenoxy) is 1. The SMILES string of the molecule is Clc1ccc(OCCCC[NH2+]CCc2ccccc2)cc1. The van der Waals surface area contributed by atoms with Gasteiger partial charge in [0.15, 0.2) is 0 Å². The van der Waals surface area contributed by atoms with Crippen LogP contribution in [0.5, 0.6) is 5.75 Å². The molecule has 0 aliphatic carbocycles. The summed E-state index contributed by atoms with van der Waals surface area (Å²) in [6.45, 7) is 3.09. The van der Waals surface area contributed by atoms with Crippen molar-refractivity contribution in [3.05, 3.63) is 65.2 Å². The van der Waals surface area contributed by atoms with Gasteiger partial charge in [0, 0.05) is 11.4 Å². The van der Waals surface area contributed by atoms with Crippen LogP contribution in [0.1, 0.15) is 18.4 Å². The average Bonchev–Trinajstić information content (AvgIpc) is 2.53. The molecule has 2 nitrogen and oxygen atoms in total. The fourth-order valence-electron chi connectivity index (χ4n) is 2.17. The lowest BCUT2D eigenvalue weighted by molar-refractivity contribution is -0.654. The van der Waals surface area contributed by atoms with Gasteiger partial charge in [-0.05, 0) is 42.7 Å². The molecular weight excluding hydrogens is 282 g/mol. The van der Waals surface area contributed by atoms with Gasteiger partial charge in [0.1, 0.15) is 5.75 Å². The normalized spacial score (nSPS) is 10.5. The van der Waals surface area contributed by atoms with Crippen molar-refractivity contribution in [2.75, 3.05) is 19.7 Å². The summed E-state index contributed by atoms with van der Waals surface area (Å²) in [4.78, 5) is 0. The van der Waals surface area contributed by atoms with E-state index in [0.717, 1.165) is 43.3 Å². The highest BCUT2D eigenvalue weighted by atomic mass is 35.5. The first-order valence-corrected chi connectivity index (χ1v) is 7.96. The predicted molar refractivity (Wildman–Crippen MR) is 88.0 cm³/mol. The molecule has 0 saturated heterocycles. The van der Waals surface area contributed by atoms with Gasteiger partial charge in [0.2, 0.25) is 0 Å². The Morgan fingerprint density at radius 3 is 2.38 bits per heavy atom. The molecule has 0 atom stereocenters. The van der Waals surface area contributed by atoms with Crippen LogP contribution in [-0.4, -0.2) is 19.7 Å². The lowest BCUT2D eigenvalue weighted by Gasteiger charge is -2.06. The van der Waals surface area contributed by atoms with E-state index >= 15 is 0 Å². The van der Waals surface area contributed by atoms with E-state index in [-0.39, 0.29) is 0 Å². The molecule has 3 heteroatoms. The topological polar surface area (TPSA) is 25.8 Å². The van der Waals surface area contributed by atoms with Crippen molar-refractivity contribution in [1.82, 2.24) is 0 Å². The van der Waals surface area contributed by atoms with E-state index in [1.165, 1.54) is 12.0 Å². The molecule has 0 aromatic heterocycles. The largest absolute Gasteiger partial charge is 0.494 e. The van der Waals surface area contributed by atoms with Crippen LogP contribution in [0.15, 0.2) is 54.6 Å². The molecule has 2 N–H and O–H groups in total. The van der Waals surface area contributed by atoms with Crippen molar-refractivity contribution in [1.29, 1.82) is 0 Å². The number of nitrogens with two attached hydrogens (primary N) is 1. The van der Waals surface area contributed by atoms with Gasteiger partial charge >= 0.3 is 0 Å². The summed E-state index contributed by atoms with van der Waals surface area (Å²) in [5.41, 5.74) is 1.42. The lowest BCUT2D eigenvalue weighted by Crippen LogP contribution is -2.84. The predicted octanol–water partition coefficient (Wildman–Crippen LogP) is 3.31. The van der Waals surface area contributed by atoms with Crippen LogP contribution in [0.2, 0.25) is 5.02 Å². The highest BCUT2D eigenvalue weighted by Gasteiger charge is 1.97. The van der Waals surface area contributed by atoms with Gasteiger partial charge in [-0.2, -0.15) is 0 Å². The molecule has 0 saturated carbocycles. The first-order valence-electron chi connectivity index (χ1n) is 7.58. The Labute approximate surface area is 132 Å². The molecule has 21 heavy (non-hydrogen) atoms. The molecule has 2 rings (SSSR count). The van der Waals surface area contributed by atoms with E-state index in [9.17, 15) is 0 Å². The first kappa shape index (κ1) is 15.9. The molecule has 2 aromatic carbocycles. The van der Waals surface area contributed by atoms with E-state index in [0.29, 0.717) is 0 Å². The second kappa shape index (κ2) is 9.43. The molecular formula is C18H23ClNO+. The van der Waals surface area contributed by atoms with Crippen LogP contribution in [-0.2, 0) is 6.42 Å². The summed E-state index contributed by atoms with van der Waals surface area (Å²) >= 11 is 5.83. The minimum absolute atomic E-state index is 0.746. The molecule has 0 spiro atoms. The standard InChI is InChI=1S/C18H22ClNO/c19-17-8-10-18(11-9-17)21-15-5-4-13-20-14-12-16-6-2-1-3-7-16/h1-3,6-11,20H,4-5,12-15H2/p+1. The fourth-order valence-corrected chi connectivity index (χ4v) is 2.30. The first-order chi connectivity index (χ1) is 10.3. The maximum atomic E-state index is 5.83. The van der Waals surface area contributed by atoms with Gasteiger partial charge in [-0.3, -0.25) is 0 Å². The molecule has 0 aliphatic heterocycles. The maximum absolute atomic E-state index is 5.83. The molecule has 2 aromatic rings. The number of unbranched alkanes of at least 4 members (excludes halogenated alkanes) is 1. The van der Waals surface area contributed by atoms with E-state index < -0.39 is 0 Å². The summed E-state index contributed by atoms with van der Waals surface area (Å²) in [5.74, 6) is 0.896. The third-order valence-corrected chi connectivity index (χ3v) is 3.62. The average molecular weight is 305 g/mol. The zero-order chi connectivity index (χ0) is 14.8. The number of quaternary nitrogens is 1. The Balaban J connectivity index is 1.46. The Bertz CT molecular complexity index is 498. The smallest absolute Gasteiger partial charge is 0.119 e. The summed E-state index contributed by atoms with van der Waals surface area (Å²) in [7, 11) is 0. The second-order valence-corrected chi connectivity index (χ2v) is 5.55. The number of benzene rings is 2. The van der Waals surface area contributed by atoms with E-state index in [1.807, 2.05) is 24.3 Å². The highest BCUT2D eigenvalue weighted by molar-refractivity contribution is 6.30. The minimum atomic E-state index is 0.746. The van der Waals surface area contributed by atoms with Crippen molar-refractivity contribution in [2.24, 2.45) is 0 Å². The third kappa shape index (κ3) is 6.65. The Morgan fingerprint density at radius 2 is 1.62 bits per heavy atom. The number of halogens is 1. The van der Waals surface area contributed by atoms with Gasteiger partial charge in [0.05, 0.1) is 19.7 Å². The van der Waals surface area contributed by atoms with E-state index in [4.69, 9.17) is 16.3 Å². The number of hydrogen-bond donors (Lipinski definition) is 1. The molecule has 0 amide bonds. The Hall–Kier alpha value is -1.51. The molecule has 112 valence electrons. The van der Waals surface area contributed by atoms with Crippen molar-refractivity contribution in [2.45, 2.75) is 19.3 Å². The number of hydrogen-bond acceptors (Lipinski definition) is 1. The van der Waals surface area contributed by atoms with Gasteiger partial charge in [-0.1, -0.05) is 41.9 Å². The minimum Gasteiger partial charge on any atom is -0.494 e. The quantitative estimate of drug-likeness (QED) is 0.707. The lowest BCUT2D eigenvalue weighted by atomic mass is 10.1. The zero-order valence-corrected chi connectivity index (χ0v) is 13.1. The van der Waals surface area contributed by atoms with Crippen LogP contribution < -0.4 is 10.1 Å². The molecule has 0 bridgehead atoms. The van der Waals surface area contributed by atoms with Crippen LogP contribution >= 0.6 is 11.6 Å². The van der Waals surface area contributed by atoms with Crippen molar-refractivity contribution in [3.8, 4) is 5.75 Å². The van der Waals surface area contributed by atoms with Gasteiger partial charge in [-0.15, -0.1) is 0 Å². The van der Waals surface area contributed by atoms with Crippen LogP contribution in [0.3, 0.4) is 0 Å². The molecule has 0 fully saturated rings. The van der Waals surface area contributed by atoms with Crippen LogP contribution in [0.4, 0.5) is 0 Å². The molecule has 0 unspecified atom stereocenters. The van der Waals surface area contributed by atoms with Crippen molar-refractivity contribution >= 4 is 11.6 Å². The summed E-state index contributed by atoms with van der Waals surface area (Å²) < 4.78 is 5.66. The fraction of sp³-hybridized carbons (Fsp3) is 0.333. The molecule has 0 aliphatic rings. The zero-order valence-electron chi connectivity index (χ0n) is 12.3. The van der Waals surface area contributed by atoms with Crippen molar-refractivity contribution in [3.63, 3.8) is 0 Å².